The Hall–Kier alpha value is 0.300. The summed E-state index contributed by atoms with van der Waals surface area (Å²) < 4.78 is 25.5. The first-order valence-electron chi connectivity index (χ1n) is 3.67. The molecule has 0 radical (unpaired) electrons. The molecular formula is C7H11BrF2O. The van der Waals surface area contributed by atoms with Crippen molar-refractivity contribution in [2.24, 2.45) is 5.92 Å². The molecule has 0 saturated heterocycles. The van der Waals surface area contributed by atoms with Crippen LogP contribution in [0.1, 0.15) is 26.2 Å². The molecule has 0 aromatic rings. The monoisotopic (exact) mass is 228 g/mol. The molecular weight excluding hydrogens is 218 g/mol. The second-order valence-corrected chi connectivity index (χ2v) is 4.21. The van der Waals surface area contributed by atoms with Crippen LogP contribution in [-0.4, -0.2) is 15.5 Å². The number of hydrogen-bond acceptors (Lipinski definition) is 1. The lowest BCUT2D eigenvalue weighted by molar-refractivity contribution is -0.133. The molecule has 0 aromatic carbocycles. The molecule has 1 nitrogen and oxygen atoms in total. The van der Waals surface area contributed by atoms with Gasteiger partial charge >= 0.3 is 4.83 Å². The molecule has 1 aliphatic rings. The molecule has 0 spiro atoms. The molecule has 1 aliphatic carbocycles. The van der Waals surface area contributed by atoms with Gasteiger partial charge in [0.05, 0.1) is 0 Å². The Bertz CT molecular complexity index is 157. The predicted molar refractivity (Wildman–Crippen MR) is 41.8 cm³/mol. The molecule has 66 valence electrons. The van der Waals surface area contributed by atoms with Crippen molar-refractivity contribution in [2.75, 3.05) is 0 Å². The van der Waals surface area contributed by atoms with Crippen LogP contribution in [0.5, 0.6) is 0 Å². The summed E-state index contributed by atoms with van der Waals surface area (Å²) >= 11 is 2.22. The zero-order valence-electron chi connectivity index (χ0n) is 6.28. The van der Waals surface area contributed by atoms with Crippen molar-refractivity contribution in [1.82, 2.24) is 0 Å². The molecule has 1 fully saturated rings. The fourth-order valence-corrected chi connectivity index (χ4v) is 2.17. The molecule has 11 heavy (non-hydrogen) atoms. The maximum absolute atomic E-state index is 12.7. The van der Waals surface area contributed by atoms with Crippen LogP contribution in [-0.2, 0) is 0 Å². The van der Waals surface area contributed by atoms with Gasteiger partial charge in [0.25, 0.3) is 0 Å². The minimum atomic E-state index is -3.14. The van der Waals surface area contributed by atoms with Crippen LogP contribution in [0.4, 0.5) is 8.78 Å². The van der Waals surface area contributed by atoms with Gasteiger partial charge in [0.1, 0.15) is 5.60 Å². The first kappa shape index (κ1) is 9.39. The number of halogens is 3. The van der Waals surface area contributed by atoms with Crippen LogP contribution in [0.2, 0.25) is 0 Å². The van der Waals surface area contributed by atoms with E-state index in [1.807, 2.05) is 0 Å². The van der Waals surface area contributed by atoms with E-state index < -0.39 is 10.4 Å². The van der Waals surface area contributed by atoms with Crippen molar-refractivity contribution in [3.8, 4) is 0 Å². The van der Waals surface area contributed by atoms with Gasteiger partial charge in [-0.1, -0.05) is 6.92 Å². The highest BCUT2D eigenvalue weighted by Crippen LogP contribution is 2.48. The number of aliphatic hydroxyl groups is 1. The fourth-order valence-electron chi connectivity index (χ4n) is 1.58. The van der Waals surface area contributed by atoms with E-state index in [1.54, 1.807) is 6.92 Å². The molecule has 2 atom stereocenters. The van der Waals surface area contributed by atoms with Crippen molar-refractivity contribution in [1.29, 1.82) is 0 Å². The smallest absolute Gasteiger partial charge is 0.329 e. The average molecular weight is 229 g/mol. The first-order valence-corrected chi connectivity index (χ1v) is 4.46. The van der Waals surface area contributed by atoms with E-state index in [2.05, 4.69) is 15.9 Å². The van der Waals surface area contributed by atoms with Gasteiger partial charge in [-0.25, -0.2) is 0 Å². The number of hydrogen-bond donors (Lipinski definition) is 1. The second-order valence-electron chi connectivity index (χ2n) is 3.22. The molecule has 1 N–H and O–H groups in total. The lowest BCUT2D eigenvalue weighted by atomic mass is 9.93. The summed E-state index contributed by atoms with van der Waals surface area (Å²) in [5, 5.41) is 9.50. The van der Waals surface area contributed by atoms with Crippen LogP contribution in [0.25, 0.3) is 0 Å². The van der Waals surface area contributed by atoms with Crippen LogP contribution in [0.15, 0.2) is 0 Å². The van der Waals surface area contributed by atoms with E-state index in [0.717, 1.165) is 0 Å². The quantitative estimate of drug-likeness (QED) is 0.685. The third-order valence-electron chi connectivity index (χ3n) is 2.50. The van der Waals surface area contributed by atoms with E-state index in [4.69, 9.17) is 0 Å². The fraction of sp³-hybridized carbons (Fsp3) is 1.00. The predicted octanol–water partition coefficient (Wildman–Crippen LogP) is 2.53. The highest BCUT2D eigenvalue weighted by atomic mass is 79.9. The Kier molecular flexibility index (Phi) is 2.27. The van der Waals surface area contributed by atoms with Gasteiger partial charge in [-0.2, -0.15) is 8.78 Å². The molecule has 0 aromatic heterocycles. The third-order valence-corrected chi connectivity index (χ3v) is 3.19. The molecule has 1 saturated carbocycles. The summed E-state index contributed by atoms with van der Waals surface area (Å²) in [6, 6.07) is 0. The van der Waals surface area contributed by atoms with Crippen molar-refractivity contribution in [3.05, 3.63) is 0 Å². The molecule has 0 bridgehead atoms. The summed E-state index contributed by atoms with van der Waals surface area (Å²) in [5.41, 5.74) is -1.83. The number of alkyl halides is 3. The highest BCUT2D eigenvalue weighted by Gasteiger charge is 2.56. The maximum Gasteiger partial charge on any atom is 0.329 e. The maximum atomic E-state index is 12.7. The van der Waals surface area contributed by atoms with Crippen molar-refractivity contribution in [3.63, 3.8) is 0 Å². The molecule has 0 heterocycles. The molecule has 4 heteroatoms. The zero-order valence-corrected chi connectivity index (χ0v) is 7.87. The van der Waals surface area contributed by atoms with Gasteiger partial charge in [0, 0.05) is 0 Å². The van der Waals surface area contributed by atoms with Crippen molar-refractivity contribution < 1.29 is 13.9 Å². The van der Waals surface area contributed by atoms with Gasteiger partial charge in [-0.3, -0.25) is 0 Å². The van der Waals surface area contributed by atoms with Crippen molar-refractivity contribution >= 4 is 15.9 Å². The van der Waals surface area contributed by atoms with E-state index in [-0.39, 0.29) is 12.3 Å². The Morgan fingerprint density at radius 2 is 2.18 bits per heavy atom. The topological polar surface area (TPSA) is 20.2 Å². The van der Waals surface area contributed by atoms with Crippen LogP contribution < -0.4 is 0 Å². The van der Waals surface area contributed by atoms with E-state index in [9.17, 15) is 13.9 Å². The van der Waals surface area contributed by atoms with Gasteiger partial charge in [-0.05, 0) is 41.1 Å². The summed E-state index contributed by atoms with van der Waals surface area (Å²) in [5.74, 6) is -0.322. The molecule has 1 rings (SSSR count). The molecule has 0 amide bonds. The summed E-state index contributed by atoms with van der Waals surface area (Å²) in [6.07, 6.45) is 1.54. The van der Waals surface area contributed by atoms with Crippen molar-refractivity contribution in [2.45, 2.75) is 36.6 Å². The standard InChI is InChI=1S/C7H11BrF2O/c1-5-3-2-4-6(5,11)7(8,9)10/h5,11H,2-4H2,1H3. The highest BCUT2D eigenvalue weighted by molar-refractivity contribution is 9.10. The van der Waals surface area contributed by atoms with Gasteiger partial charge in [0.2, 0.25) is 0 Å². The first-order chi connectivity index (χ1) is 4.88. The van der Waals surface area contributed by atoms with Gasteiger partial charge < -0.3 is 5.11 Å². The molecule has 2 unspecified atom stereocenters. The Morgan fingerprint density at radius 3 is 2.36 bits per heavy atom. The van der Waals surface area contributed by atoms with Crippen LogP contribution >= 0.6 is 15.9 Å². The average Bonchev–Trinajstić information content (AvgIpc) is 2.12. The SMILES string of the molecule is CC1CCCC1(O)C(F)(F)Br. The zero-order chi connectivity index (χ0) is 8.70. The Labute approximate surface area is 72.9 Å². The summed E-state index contributed by atoms with van der Waals surface area (Å²) in [7, 11) is 0. The minimum Gasteiger partial charge on any atom is -0.382 e. The normalized spacial score (nSPS) is 39.5. The lowest BCUT2D eigenvalue weighted by Crippen LogP contribution is -2.45. The number of rotatable bonds is 1. The van der Waals surface area contributed by atoms with Gasteiger partial charge in [0.15, 0.2) is 0 Å². The van der Waals surface area contributed by atoms with E-state index >= 15 is 0 Å². The Balaban J connectivity index is 2.81. The van der Waals surface area contributed by atoms with Gasteiger partial charge in [-0.15, -0.1) is 0 Å². The lowest BCUT2D eigenvalue weighted by Gasteiger charge is -2.31. The second kappa shape index (κ2) is 2.66. The largest absolute Gasteiger partial charge is 0.382 e. The summed E-state index contributed by atoms with van der Waals surface area (Å²) in [6.45, 7) is 1.65. The van der Waals surface area contributed by atoms with Crippen LogP contribution in [0, 0.1) is 5.92 Å². The summed E-state index contributed by atoms with van der Waals surface area (Å²) in [4.78, 5) is -3.14. The third kappa shape index (κ3) is 1.43. The minimum absolute atomic E-state index is 0.187. The molecule has 0 aliphatic heterocycles. The van der Waals surface area contributed by atoms with E-state index in [1.165, 1.54) is 0 Å². The Morgan fingerprint density at radius 1 is 1.64 bits per heavy atom. The van der Waals surface area contributed by atoms with E-state index in [0.29, 0.717) is 12.8 Å². The van der Waals surface area contributed by atoms with Crippen LogP contribution in [0.3, 0.4) is 0 Å².